The van der Waals surface area contributed by atoms with Crippen molar-refractivity contribution in [3.05, 3.63) is 42.6 Å². The maximum absolute atomic E-state index is 5.63. The second kappa shape index (κ2) is 5.91. The minimum Gasteiger partial charge on any atom is -0.497 e. The molecule has 0 spiro atoms. The largest absolute Gasteiger partial charge is 0.497 e. The van der Waals surface area contributed by atoms with E-state index in [1.807, 2.05) is 30.5 Å². The van der Waals surface area contributed by atoms with Crippen LogP contribution >= 0.6 is 0 Å². The standard InChI is InChI=1S/C16H20N4O/c1-21-15-5-2-13(3-6-15)19-8-10-20(11-9-19)14-4-7-16(17)18-12-14/h2-7,12H,8-11H2,1H3,(H2,17,18). The summed E-state index contributed by atoms with van der Waals surface area (Å²) in [5.41, 5.74) is 8.01. The van der Waals surface area contributed by atoms with Crippen LogP contribution < -0.4 is 20.3 Å². The molecule has 2 aromatic rings. The molecule has 5 heteroatoms. The lowest BCUT2D eigenvalue weighted by molar-refractivity contribution is 0.415. The molecule has 0 radical (unpaired) electrons. The van der Waals surface area contributed by atoms with E-state index < -0.39 is 0 Å². The predicted molar refractivity (Wildman–Crippen MR) is 86.1 cm³/mol. The Labute approximate surface area is 125 Å². The molecule has 1 aliphatic heterocycles. The number of nitrogens with two attached hydrogens (primary N) is 1. The monoisotopic (exact) mass is 284 g/mol. The van der Waals surface area contributed by atoms with E-state index in [0.29, 0.717) is 5.82 Å². The average molecular weight is 284 g/mol. The van der Waals surface area contributed by atoms with E-state index in [4.69, 9.17) is 10.5 Å². The van der Waals surface area contributed by atoms with E-state index >= 15 is 0 Å². The molecule has 1 aromatic carbocycles. The molecule has 0 atom stereocenters. The molecule has 2 heterocycles. The molecule has 1 fully saturated rings. The molecule has 3 rings (SSSR count). The van der Waals surface area contributed by atoms with Gasteiger partial charge in [0.05, 0.1) is 19.0 Å². The third-order valence-corrected chi connectivity index (χ3v) is 3.85. The fourth-order valence-corrected chi connectivity index (χ4v) is 2.60. The molecular weight excluding hydrogens is 264 g/mol. The highest BCUT2D eigenvalue weighted by Crippen LogP contribution is 2.22. The topological polar surface area (TPSA) is 54.6 Å². The van der Waals surface area contributed by atoms with Gasteiger partial charge >= 0.3 is 0 Å². The highest BCUT2D eigenvalue weighted by molar-refractivity contribution is 5.53. The molecule has 2 N–H and O–H groups in total. The summed E-state index contributed by atoms with van der Waals surface area (Å²) in [5, 5.41) is 0. The number of nitrogen functional groups attached to an aromatic ring is 1. The van der Waals surface area contributed by atoms with Gasteiger partial charge in [-0.25, -0.2) is 4.98 Å². The Hall–Kier alpha value is -2.43. The number of benzene rings is 1. The van der Waals surface area contributed by atoms with E-state index in [0.717, 1.165) is 37.6 Å². The first-order valence-corrected chi connectivity index (χ1v) is 7.12. The number of methoxy groups -OCH3 is 1. The van der Waals surface area contributed by atoms with E-state index in [1.54, 1.807) is 7.11 Å². The molecule has 5 nitrogen and oxygen atoms in total. The van der Waals surface area contributed by atoms with Crippen LogP contribution in [0.3, 0.4) is 0 Å². The Bertz CT molecular complexity index is 574. The van der Waals surface area contributed by atoms with Gasteiger partial charge in [-0.15, -0.1) is 0 Å². The number of ether oxygens (including phenoxy) is 1. The smallest absolute Gasteiger partial charge is 0.123 e. The van der Waals surface area contributed by atoms with E-state index in [9.17, 15) is 0 Å². The zero-order valence-corrected chi connectivity index (χ0v) is 12.2. The van der Waals surface area contributed by atoms with Crippen molar-refractivity contribution in [3.63, 3.8) is 0 Å². The second-order valence-electron chi connectivity index (χ2n) is 5.11. The molecule has 110 valence electrons. The number of anilines is 3. The van der Waals surface area contributed by atoms with Gasteiger partial charge in [0.15, 0.2) is 0 Å². The normalized spacial score (nSPS) is 15.1. The summed E-state index contributed by atoms with van der Waals surface area (Å²) in [6.07, 6.45) is 1.85. The van der Waals surface area contributed by atoms with Gasteiger partial charge in [-0.2, -0.15) is 0 Å². The number of piperazine rings is 1. The highest BCUT2D eigenvalue weighted by atomic mass is 16.5. The summed E-state index contributed by atoms with van der Waals surface area (Å²) in [6, 6.07) is 12.1. The fraction of sp³-hybridized carbons (Fsp3) is 0.312. The van der Waals surface area contributed by atoms with E-state index in [2.05, 4.69) is 26.9 Å². The average Bonchev–Trinajstić information content (AvgIpc) is 2.56. The van der Waals surface area contributed by atoms with Gasteiger partial charge in [0.1, 0.15) is 11.6 Å². The van der Waals surface area contributed by atoms with Gasteiger partial charge < -0.3 is 20.3 Å². The SMILES string of the molecule is COc1ccc(N2CCN(c3ccc(N)nc3)CC2)cc1. The van der Waals surface area contributed by atoms with Crippen LogP contribution in [0.25, 0.3) is 0 Å². The number of rotatable bonds is 3. The summed E-state index contributed by atoms with van der Waals surface area (Å²) in [5.74, 6) is 1.46. The van der Waals surface area contributed by atoms with Crippen molar-refractivity contribution in [1.29, 1.82) is 0 Å². The molecule has 0 amide bonds. The summed E-state index contributed by atoms with van der Waals surface area (Å²) < 4.78 is 5.20. The molecular formula is C16H20N4O. The van der Waals surface area contributed by atoms with Crippen molar-refractivity contribution in [3.8, 4) is 5.75 Å². The van der Waals surface area contributed by atoms with Crippen molar-refractivity contribution in [1.82, 2.24) is 4.98 Å². The second-order valence-corrected chi connectivity index (χ2v) is 5.11. The van der Waals surface area contributed by atoms with Crippen LogP contribution in [0.5, 0.6) is 5.75 Å². The maximum Gasteiger partial charge on any atom is 0.123 e. The van der Waals surface area contributed by atoms with E-state index in [1.165, 1.54) is 5.69 Å². The lowest BCUT2D eigenvalue weighted by Gasteiger charge is -2.37. The Morgan fingerprint density at radius 3 is 2.00 bits per heavy atom. The van der Waals surface area contributed by atoms with Gasteiger partial charge in [0.2, 0.25) is 0 Å². The van der Waals surface area contributed by atoms with Gasteiger partial charge in [0, 0.05) is 31.9 Å². The number of aromatic nitrogens is 1. The van der Waals surface area contributed by atoms with Crippen LogP contribution in [-0.2, 0) is 0 Å². The zero-order chi connectivity index (χ0) is 14.7. The molecule has 0 unspecified atom stereocenters. The van der Waals surface area contributed by atoms with Crippen LogP contribution in [0.15, 0.2) is 42.6 Å². The number of hydrogen-bond donors (Lipinski definition) is 1. The van der Waals surface area contributed by atoms with Gasteiger partial charge in [-0.1, -0.05) is 0 Å². The summed E-state index contributed by atoms with van der Waals surface area (Å²) in [4.78, 5) is 8.89. The molecule has 0 aliphatic carbocycles. The molecule has 1 aliphatic rings. The highest BCUT2D eigenvalue weighted by Gasteiger charge is 2.17. The van der Waals surface area contributed by atoms with Crippen molar-refractivity contribution >= 4 is 17.2 Å². The van der Waals surface area contributed by atoms with Crippen molar-refractivity contribution in [2.24, 2.45) is 0 Å². The van der Waals surface area contributed by atoms with Gasteiger partial charge in [0.25, 0.3) is 0 Å². The van der Waals surface area contributed by atoms with Crippen molar-refractivity contribution in [2.75, 3.05) is 48.8 Å². The van der Waals surface area contributed by atoms with Crippen LogP contribution in [0.2, 0.25) is 0 Å². The minimum absolute atomic E-state index is 0.565. The Morgan fingerprint density at radius 1 is 0.905 bits per heavy atom. The number of hydrogen-bond acceptors (Lipinski definition) is 5. The fourth-order valence-electron chi connectivity index (χ4n) is 2.60. The first-order valence-electron chi connectivity index (χ1n) is 7.12. The van der Waals surface area contributed by atoms with Gasteiger partial charge in [-0.3, -0.25) is 0 Å². The van der Waals surface area contributed by atoms with E-state index in [-0.39, 0.29) is 0 Å². The lowest BCUT2D eigenvalue weighted by atomic mass is 10.2. The van der Waals surface area contributed by atoms with Crippen molar-refractivity contribution < 1.29 is 4.74 Å². The molecule has 0 bridgehead atoms. The Balaban J connectivity index is 1.62. The lowest BCUT2D eigenvalue weighted by Crippen LogP contribution is -2.46. The Kier molecular flexibility index (Phi) is 3.81. The quantitative estimate of drug-likeness (QED) is 0.934. The molecule has 1 aromatic heterocycles. The minimum atomic E-state index is 0.565. The molecule has 21 heavy (non-hydrogen) atoms. The first-order chi connectivity index (χ1) is 10.3. The third kappa shape index (κ3) is 3.02. The zero-order valence-electron chi connectivity index (χ0n) is 12.2. The maximum atomic E-state index is 5.63. The summed E-state index contributed by atoms with van der Waals surface area (Å²) in [6.45, 7) is 3.96. The molecule has 0 saturated carbocycles. The molecule has 1 saturated heterocycles. The van der Waals surface area contributed by atoms with Crippen LogP contribution in [-0.4, -0.2) is 38.3 Å². The predicted octanol–water partition coefficient (Wildman–Crippen LogP) is 2.00. The summed E-state index contributed by atoms with van der Waals surface area (Å²) >= 11 is 0. The van der Waals surface area contributed by atoms with Gasteiger partial charge in [-0.05, 0) is 36.4 Å². The first kappa shape index (κ1) is 13.5. The van der Waals surface area contributed by atoms with Crippen LogP contribution in [0.1, 0.15) is 0 Å². The summed E-state index contributed by atoms with van der Waals surface area (Å²) in [7, 11) is 1.69. The third-order valence-electron chi connectivity index (χ3n) is 3.85. The van der Waals surface area contributed by atoms with Crippen LogP contribution in [0.4, 0.5) is 17.2 Å². The number of nitrogens with zero attached hydrogens (tertiary/aromatic N) is 3. The van der Waals surface area contributed by atoms with Crippen LogP contribution in [0, 0.1) is 0 Å². The number of pyridine rings is 1. The Morgan fingerprint density at radius 2 is 1.48 bits per heavy atom. The van der Waals surface area contributed by atoms with Crippen molar-refractivity contribution in [2.45, 2.75) is 0 Å².